The number of esters is 1. The molecule has 0 aromatic rings. The van der Waals surface area contributed by atoms with Gasteiger partial charge in [-0.3, -0.25) is 0 Å². The summed E-state index contributed by atoms with van der Waals surface area (Å²) in [4.78, 5) is 11.8. The average Bonchev–Trinajstić information content (AvgIpc) is 3.02. The van der Waals surface area contributed by atoms with Gasteiger partial charge in [0.25, 0.3) is 0 Å². The zero-order valence-corrected chi connectivity index (χ0v) is 17.9. The molecular weight excluding hydrogens is 332 g/mol. The molecule has 27 heavy (non-hydrogen) atoms. The molecular formula is C25H38O2. The van der Waals surface area contributed by atoms with Crippen LogP contribution in [0.25, 0.3) is 0 Å². The first kappa shape index (κ1) is 20.4. The van der Waals surface area contributed by atoms with Gasteiger partial charge >= 0.3 is 5.97 Å². The fourth-order valence-corrected chi connectivity index (χ4v) is 6.95. The van der Waals surface area contributed by atoms with Crippen molar-refractivity contribution >= 4 is 5.97 Å². The number of hydrogen-bond acceptors (Lipinski definition) is 2. The van der Waals surface area contributed by atoms with Crippen LogP contribution in [-0.2, 0) is 9.53 Å². The lowest BCUT2D eigenvalue weighted by Crippen LogP contribution is -2.53. The summed E-state index contributed by atoms with van der Waals surface area (Å²) in [6.45, 7) is 14.3. The topological polar surface area (TPSA) is 26.3 Å². The summed E-state index contributed by atoms with van der Waals surface area (Å²) in [5.41, 5.74) is 2.85. The SMILES string of the molecule is C=C1CCC2C(C)(CCC)C(CCC)CCC2(C)C1C/C=C1\C=COC1=O. The van der Waals surface area contributed by atoms with E-state index in [-0.39, 0.29) is 5.97 Å². The van der Waals surface area contributed by atoms with E-state index in [1.807, 2.05) is 0 Å². The van der Waals surface area contributed by atoms with Crippen molar-refractivity contribution < 1.29 is 9.53 Å². The zero-order valence-electron chi connectivity index (χ0n) is 17.9. The molecule has 0 radical (unpaired) electrons. The minimum atomic E-state index is -0.208. The van der Waals surface area contributed by atoms with E-state index in [0.29, 0.717) is 22.3 Å². The highest BCUT2D eigenvalue weighted by molar-refractivity contribution is 5.94. The van der Waals surface area contributed by atoms with Crippen LogP contribution in [0.5, 0.6) is 0 Å². The van der Waals surface area contributed by atoms with Gasteiger partial charge in [-0.1, -0.05) is 65.2 Å². The second kappa shape index (κ2) is 7.97. The molecule has 5 unspecified atom stereocenters. The molecule has 3 aliphatic rings. The van der Waals surface area contributed by atoms with Crippen molar-refractivity contribution in [1.82, 2.24) is 0 Å². The number of carbonyl (C=O) groups is 1. The van der Waals surface area contributed by atoms with Gasteiger partial charge in [-0.2, -0.15) is 0 Å². The summed E-state index contributed by atoms with van der Waals surface area (Å²) in [5.74, 6) is 1.89. The van der Waals surface area contributed by atoms with Gasteiger partial charge in [0.1, 0.15) is 0 Å². The predicted molar refractivity (Wildman–Crippen MR) is 112 cm³/mol. The molecule has 0 aromatic heterocycles. The smallest absolute Gasteiger partial charge is 0.342 e. The molecule has 5 atom stereocenters. The molecule has 0 saturated heterocycles. The highest BCUT2D eigenvalue weighted by atomic mass is 16.5. The number of cyclic esters (lactones) is 1. The molecule has 0 aromatic carbocycles. The average molecular weight is 371 g/mol. The van der Waals surface area contributed by atoms with Gasteiger partial charge in [0.15, 0.2) is 0 Å². The van der Waals surface area contributed by atoms with E-state index in [1.165, 1.54) is 56.8 Å². The molecule has 2 saturated carbocycles. The lowest BCUT2D eigenvalue weighted by Gasteiger charge is -2.62. The number of carbonyl (C=O) groups excluding carboxylic acids is 1. The molecule has 0 spiro atoms. The van der Waals surface area contributed by atoms with Gasteiger partial charge in [-0.25, -0.2) is 4.79 Å². The molecule has 1 aliphatic heterocycles. The fraction of sp³-hybridized carbons (Fsp3) is 0.720. The minimum absolute atomic E-state index is 0.208. The number of ether oxygens (including phenoxy) is 1. The minimum Gasteiger partial charge on any atom is -0.431 e. The van der Waals surface area contributed by atoms with Crippen LogP contribution in [0.1, 0.15) is 85.5 Å². The number of allylic oxidation sites excluding steroid dienone is 2. The summed E-state index contributed by atoms with van der Waals surface area (Å²) in [7, 11) is 0. The van der Waals surface area contributed by atoms with Crippen molar-refractivity contribution in [3.8, 4) is 0 Å². The van der Waals surface area contributed by atoms with Crippen LogP contribution in [0.2, 0.25) is 0 Å². The van der Waals surface area contributed by atoms with Crippen molar-refractivity contribution in [1.29, 1.82) is 0 Å². The van der Waals surface area contributed by atoms with E-state index in [0.717, 1.165) is 24.7 Å². The fourth-order valence-electron chi connectivity index (χ4n) is 6.95. The monoisotopic (exact) mass is 370 g/mol. The van der Waals surface area contributed by atoms with Gasteiger partial charge in [0.05, 0.1) is 11.8 Å². The highest BCUT2D eigenvalue weighted by Gasteiger charge is 2.56. The Morgan fingerprint density at radius 2 is 2.04 bits per heavy atom. The van der Waals surface area contributed by atoms with E-state index >= 15 is 0 Å². The molecule has 2 aliphatic carbocycles. The zero-order chi connectivity index (χ0) is 19.7. The molecule has 2 fully saturated rings. The normalized spacial score (nSPS) is 40.3. The molecule has 150 valence electrons. The van der Waals surface area contributed by atoms with Crippen molar-refractivity contribution in [2.75, 3.05) is 0 Å². The van der Waals surface area contributed by atoms with Crippen LogP contribution < -0.4 is 0 Å². The third-order valence-electron chi connectivity index (χ3n) is 8.26. The Bertz CT molecular complexity index is 643. The molecule has 2 heteroatoms. The molecule has 1 heterocycles. The second-order valence-corrected chi connectivity index (χ2v) is 9.69. The first-order chi connectivity index (χ1) is 12.9. The quantitative estimate of drug-likeness (QED) is 0.286. The van der Waals surface area contributed by atoms with Crippen LogP contribution in [0.4, 0.5) is 0 Å². The number of fused-ring (bicyclic) bond motifs is 1. The van der Waals surface area contributed by atoms with Gasteiger partial charge in [0, 0.05) is 0 Å². The maximum absolute atomic E-state index is 11.8. The van der Waals surface area contributed by atoms with E-state index < -0.39 is 0 Å². The third kappa shape index (κ3) is 3.57. The molecule has 3 rings (SSSR count). The molecule has 2 nitrogen and oxygen atoms in total. The van der Waals surface area contributed by atoms with Crippen molar-refractivity contribution in [3.05, 3.63) is 36.1 Å². The van der Waals surface area contributed by atoms with E-state index in [4.69, 9.17) is 4.74 Å². The van der Waals surface area contributed by atoms with Crippen LogP contribution in [0.15, 0.2) is 36.1 Å². The van der Waals surface area contributed by atoms with Crippen LogP contribution in [0, 0.1) is 28.6 Å². The Hall–Kier alpha value is -1.31. The number of hydrogen-bond donors (Lipinski definition) is 0. The Balaban J connectivity index is 1.89. The van der Waals surface area contributed by atoms with Crippen LogP contribution in [0.3, 0.4) is 0 Å². The largest absolute Gasteiger partial charge is 0.431 e. The molecule has 0 amide bonds. The van der Waals surface area contributed by atoms with Crippen LogP contribution in [-0.4, -0.2) is 5.97 Å². The Labute approximate surface area is 166 Å². The predicted octanol–water partition coefficient (Wildman–Crippen LogP) is 6.98. The van der Waals surface area contributed by atoms with Gasteiger partial charge in [0.2, 0.25) is 0 Å². The second-order valence-electron chi connectivity index (χ2n) is 9.69. The lowest BCUT2D eigenvalue weighted by atomic mass is 9.43. The summed E-state index contributed by atoms with van der Waals surface area (Å²) in [5, 5.41) is 0. The lowest BCUT2D eigenvalue weighted by molar-refractivity contribution is -0.132. The molecule has 0 bridgehead atoms. The third-order valence-corrected chi connectivity index (χ3v) is 8.26. The first-order valence-corrected chi connectivity index (χ1v) is 11.1. The van der Waals surface area contributed by atoms with Gasteiger partial charge in [-0.05, 0) is 73.2 Å². The summed E-state index contributed by atoms with van der Waals surface area (Å²) in [6.07, 6.45) is 16.7. The standard InChI is InChI=1S/C25H38O2/c1-6-8-20-13-16-25(5)21(11-10-19-14-17-27-23(19)26)18(3)9-12-22(25)24(20,4)15-7-2/h10,14,17,20-22H,3,6-9,11-13,15-16H2,1-2,4-5H3/b19-10+. The summed E-state index contributed by atoms with van der Waals surface area (Å²) < 4.78 is 4.96. The Morgan fingerprint density at radius 1 is 1.26 bits per heavy atom. The maximum atomic E-state index is 11.8. The van der Waals surface area contributed by atoms with Crippen LogP contribution >= 0.6 is 0 Å². The Kier molecular flexibility index (Phi) is 6.03. The van der Waals surface area contributed by atoms with Crippen molar-refractivity contribution in [2.45, 2.75) is 85.5 Å². The van der Waals surface area contributed by atoms with Gasteiger partial charge < -0.3 is 4.74 Å². The van der Waals surface area contributed by atoms with Crippen molar-refractivity contribution in [2.24, 2.45) is 28.6 Å². The van der Waals surface area contributed by atoms with Crippen molar-refractivity contribution in [3.63, 3.8) is 0 Å². The van der Waals surface area contributed by atoms with Gasteiger partial charge in [-0.15, -0.1) is 0 Å². The number of rotatable bonds is 6. The van der Waals surface area contributed by atoms with E-state index in [2.05, 4.69) is 40.3 Å². The first-order valence-electron chi connectivity index (χ1n) is 11.1. The Morgan fingerprint density at radius 3 is 2.67 bits per heavy atom. The summed E-state index contributed by atoms with van der Waals surface area (Å²) in [6, 6.07) is 0. The van der Waals surface area contributed by atoms with E-state index in [1.54, 1.807) is 6.08 Å². The van der Waals surface area contributed by atoms with E-state index in [9.17, 15) is 4.79 Å². The summed E-state index contributed by atoms with van der Waals surface area (Å²) >= 11 is 0. The highest BCUT2D eigenvalue weighted by Crippen LogP contribution is 2.65. The maximum Gasteiger partial charge on any atom is 0.342 e. The molecule has 0 N–H and O–H groups in total.